The number of benzene rings is 2. The van der Waals surface area contributed by atoms with E-state index in [0.29, 0.717) is 25.5 Å². The predicted octanol–water partition coefficient (Wildman–Crippen LogP) is 5.65. The van der Waals surface area contributed by atoms with E-state index in [2.05, 4.69) is 4.98 Å². The number of H-pyrrole nitrogens is 1. The van der Waals surface area contributed by atoms with Crippen molar-refractivity contribution in [2.75, 3.05) is 0 Å². The van der Waals surface area contributed by atoms with Gasteiger partial charge in [0.1, 0.15) is 0 Å². The van der Waals surface area contributed by atoms with Crippen molar-refractivity contribution < 1.29 is 0 Å². The van der Waals surface area contributed by atoms with Gasteiger partial charge < -0.3 is 4.98 Å². The molecular formula is C13H7Cl3N2S. The second-order valence-electron chi connectivity index (χ2n) is 4.00. The summed E-state index contributed by atoms with van der Waals surface area (Å²) in [6.07, 6.45) is 0. The lowest BCUT2D eigenvalue weighted by molar-refractivity contribution is 1.07. The second kappa shape index (κ2) is 4.84. The Balaban J connectivity index is 2.43. The number of nitrogens with one attached hydrogen (secondary N) is 1. The largest absolute Gasteiger partial charge is 0.330 e. The van der Waals surface area contributed by atoms with Crippen molar-refractivity contribution in [1.29, 1.82) is 0 Å². The van der Waals surface area contributed by atoms with E-state index in [0.717, 1.165) is 11.0 Å². The molecule has 19 heavy (non-hydrogen) atoms. The van der Waals surface area contributed by atoms with E-state index in [1.54, 1.807) is 24.3 Å². The molecule has 0 fully saturated rings. The minimum Gasteiger partial charge on any atom is -0.330 e. The number of imidazole rings is 1. The van der Waals surface area contributed by atoms with E-state index in [1.807, 2.05) is 16.7 Å². The maximum absolute atomic E-state index is 6.23. The Bertz CT molecular complexity index is 815. The topological polar surface area (TPSA) is 20.7 Å². The van der Waals surface area contributed by atoms with E-state index in [-0.39, 0.29) is 0 Å². The maximum Gasteiger partial charge on any atom is 0.182 e. The molecule has 2 aromatic carbocycles. The van der Waals surface area contributed by atoms with Gasteiger partial charge in [0.2, 0.25) is 0 Å². The number of fused-ring (bicyclic) bond motifs is 1. The summed E-state index contributed by atoms with van der Waals surface area (Å²) in [6.45, 7) is 0. The number of aromatic amines is 1. The third-order valence-corrected chi connectivity index (χ3v) is 3.94. The zero-order valence-electron chi connectivity index (χ0n) is 9.45. The molecule has 0 aliphatic carbocycles. The third kappa shape index (κ3) is 2.17. The fraction of sp³-hybridized carbons (Fsp3) is 0. The highest BCUT2D eigenvalue weighted by Gasteiger charge is 2.13. The lowest BCUT2D eigenvalue weighted by atomic mass is 10.3. The van der Waals surface area contributed by atoms with Gasteiger partial charge in [0.15, 0.2) is 4.77 Å². The van der Waals surface area contributed by atoms with E-state index in [1.165, 1.54) is 0 Å². The molecule has 0 amide bonds. The number of hydrogen-bond acceptors (Lipinski definition) is 1. The Hall–Kier alpha value is -1.00. The third-order valence-electron chi connectivity index (χ3n) is 2.81. The lowest BCUT2D eigenvalue weighted by Crippen LogP contribution is -1.96. The highest BCUT2D eigenvalue weighted by atomic mass is 35.5. The first-order chi connectivity index (χ1) is 9.08. The van der Waals surface area contributed by atoms with Crippen molar-refractivity contribution in [2.24, 2.45) is 0 Å². The van der Waals surface area contributed by atoms with Gasteiger partial charge in [-0.2, -0.15) is 0 Å². The first kappa shape index (κ1) is 13.0. The van der Waals surface area contributed by atoms with Crippen molar-refractivity contribution in [2.45, 2.75) is 0 Å². The van der Waals surface area contributed by atoms with Crippen molar-refractivity contribution in [1.82, 2.24) is 9.55 Å². The Labute approximate surface area is 129 Å². The smallest absolute Gasteiger partial charge is 0.182 e. The van der Waals surface area contributed by atoms with E-state index in [9.17, 15) is 0 Å². The van der Waals surface area contributed by atoms with Gasteiger partial charge in [-0.05, 0) is 42.5 Å². The van der Waals surface area contributed by atoms with Crippen LogP contribution >= 0.6 is 47.0 Å². The number of hydrogen-bond donors (Lipinski definition) is 1. The molecule has 1 aromatic heterocycles. The van der Waals surface area contributed by atoms with Crippen LogP contribution < -0.4 is 0 Å². The van der Waals surface area contributed by atoms with Gasteiger partial charge in [0.05, 0.1) is 26.8 Å². The molecule has 3 rings (SSSR count). The van der Waals surface area contributed by atoms with Gasteiger partial charge in [-0.3, -0.25) is 4.57 Å². The molecular weight excluding hydrogens is 323 g/mol. The quantitative estimate of drug-likeness (QED) is 0.572. The molecule has 0 atom stereocenters. The average molecular weight is 330 g/mol. The number of nitrogens with zero attached hydrogens (tertiary/aromatic N) is 1. The molecule has 0 aliphatic rings. The zero-order valence-corrected chi connectivity index (χ0v) is 12.5. The summed E-state index contributed by atoms with van der Waals surface area (Å²) in [4.78, 5) is 3.10. The fourth-order valence-corrected chi connectivity index (χ4v) is 3.05. The molecule has 0 spiro atoms. The summed E-state index contributed by atoms with van der Waals surface area (Å²) in [7, 11) is 0. The summed E-state index contributed by atoms with van der Waals surface area (Å²) in [6, 6.07) is 10.8. The van der Waals surface area contributed by atoms with Crippen LogP contribution in [0.25, 0.3) is 16.7 Å². The molecule has 2 nitrogen and oxygen atoms in total. The van der Waals surface area contributed by atoms with Crippen LogP contribution in [-0.2, 0) is 0 Å². The van der Waals surface area contributed by atoms with E-state index in [4.69, 9.17) is 47.0 Å². The maximum atomic E-state index is 6.23. The molecule has 3 aromatic rings. The summed E-state index contributed by atoms with van der Waals surface area (Å²) in [5.41, 5.74) is 2.39. The predicted molar refractivity (Wildman–Crippen MR) is 83.5 cm³/mol. The molecule has 0 saturated carbocycles. The molecule has 0 radical (unpaired) electrons. The van der Waals surface area contributed by atoms with Gasteiger partial charge in [0.25, 0.3) is 0 Å². The molecule has 1 N–H and O–H groups in total. The van der Waals surface area contributed by atoms with Crippen LogP contribution in [0, 0.1) is 4.77 Å². The molecule has 0 unspecified atom stereocenters. The first-order valence-electron chi connectivity index (χ1n) is 5.42. The zero-order chi connectivity index (χ0) is 13.6. The van der Waals surface area contributed by atoms with Crippen molar-refractivity contribution in [3.05, 3.63) is 56.2 Å². The van der Waals surface area contributed by atoms with Crippen molar-refractivity contribution >= 4 is 58.1 Å². The van der Waals surface area contributed by atoms with Crippen LogP contribution in [-0.4, -0.2) is 9.55 Å². The van der Waals surface area contributed by atoms with Gasteiger partial charge >= 0.3 is 0 Å². The van der Waals surface area contributed by atoms with Crippen LogP contribution in [0.2, 0.25) is 15.1 Å². The fourth-order valence-electron chi connectivity index (χ4n) is 2.01. The van der Waals surface area contributed by atoms with Crippen LogP contribution in [0.1, 0.15) is 0 Å². The van der Waals surface area contributed by atoms with Crippen LogP contribution in [0.4, 0.5) is 0 Å². The van der Waals surface area contributed by atoms with Gasteiger partial charge in [-0.1, -0.05) is 40.9 Å². The minimum absolute atomic E-state index is 0.521. The van der Waals surface area contributed by atoms with Crippen molar-refractivity contribution in [3.8, 4) is 5.69 Å². The van der Waals surface area contributed by atoms with Gasteiger partial charge in [-0.25, -0.2) is 0 Å². The number of aromatic nitrogens is 2. The summed E-state index contributed by atoms with van der Waals surface area (Å²) in [5.74, 6) is 0. The lowest BCUT2D eigenvalue weighted by Gasteiger charge is -2.09. The van der Waals surface area contributed by atoms with E-state index < -0.39 is 0 Å². The highest BCUT2D eigenvalue weighted by Crippen LogP contribution is 2.32. The SMILES string of the molecule is S=c1[nH]c2cc(Cl)ccc2n1-c1c(Cl)cccc1Cl. The normalized spacial score (nSPS) is 11.1. The minimum atomic E-state index is 0.521. The number of halogens is 3. The number of rotatable bonds is 1. The molecule has 6 heteroatoms. The molecule has 0 saturated heterocycles. The summed E-state index contributed by atoms with van der Waals surface area (Å²) < 4.78 is 2.33. The summed E-state index contributed by atoms with van der Waals surface area (Å²) in [5, 5.41) is 1.72. The van der Waals surface area contributed by atoms with Gasteiger partial charge in [-0.15, -0.1) is 0 Å². The highest BCUT2D eigenvalue weighted by molar-refractivity contribution is 7.71. The Kier molecular flexibility index (Phi) is 3.31. The first-order valence-corrected chi connectivity index (χ1v) is 6.97. The Morgan fingerprint density at radius 1 is 1.00 bits per heavy atom. The average Bonchev–Trinajstić information content (AvgIpc) is 2.65. The molecule has 0 aliphatic heterocycles. The summed E-state index contributed by atoms with van der Waals surface area (Å²) >= 11 is 23.8. The second-order valence-corrected chi connectivity index (χ2v) is 5.63. The number of para-hydroxylation sites is 1. The van der Waals surface area contributed by atoms with Crippen molar-refractivity contribution in [3.63, 3.8) is 0 Å². The molecule has 0 bridgehead atoms. The molecule has 96 valence electrons. The van der Waals surface area contributed by atoms with Gasteiger partial charge in [0, 0.05) is 5.02 Å². The van der Waals surface area contributed by atoms with Crippen LogP contribution in [0.5, 0.6) is 0 Å². The van der Waals surface area contributed by atoms with Crippen LogP contribution in [0.15, 0.2) is 36.4 Å². The Morgan fingerprint density at radius 2 is 1.68 bits per heavy atom. The standard InChI is InChI=1S/C13H7Cl3N2S/c14-7-4-5-11-10(6-7)17-13(19)18(11)12-8(15)2-1-3-9(12)16/h1-6H,(H,17,19). The molecule has 1 heterocycles. The monoisotopic (exact) mass is 328 g/mol. The Morgan fingerprint density at radius 3 is 2.37 bits per heavy atom. The van der Waals surface area contributed by atoms with Crippen LogP contribution in [0.3, 0.4) is 0 Å². The van der Waals surface area contributed by atoms with E-state index >= 15 is 0 Å².